The number of ether oxygens (including phenoxy) is 1. The van der Waals surface area contributed by atoms with E-state index in [0.29, 0.717) is 12.5 Å². The predicted octanol–water partition coefficient (Wildman–Crippen LogP) is 3.83. The van der Waals surface area contributed by atoms with Crippen molar-refractivity contribution in [2.45, 2.75) is 65.4 Å². The molecule has 0 saturated carbocycles. The van der Waals surface area contributed by atoms with E-state index in [9.17, 15) is 4.79 Å². The first-order chi connectivity index (χ1) is 11.8. The van der Waals surface area contributed by atoms with Crippen molar-refractivity contribution >= 4 is 11.9 Å². The standard InChI is InChI=1S/C19H32N4O2/c1-6-15(7-2)16-13-17(21-14-20-16)22-9-8-10-23(12-11-22)18(24)25-19(3,4)5/h13-15H,6-12H2,1-5H3. The Morgan fingerprint density at radius 3 is 2.52 bits per heavy atom. The maximum atomic E-state index is 12.3. The zero-order chi connectivity index (χ0) is 18.4. The van der Waals surface area contributed by atoms with Crippen LogP contribution >= 0.6 is 0 Å². The fraction of sp³-hybridized carbons (Fsp3) is 0.737. The molecule has 0 aromatic carbocycles. The van der Waals surface area contributed by atoms with Crippen LogP contribution in [0.25, 0.3) is 0 Å². The molecule has 1 saturated heterocycles. The smallest absolute Gasteiger partial charge is 0.410 e. The van der Waals surface area contributed by atoms with Crippen molar-refractivity contribution in [1.29, 1.82) is 0 Å². The van der Waals surface area contributed by atoms with Crippen LogP contribution in [0, 0.1) is 0 Å². The lowest BCUT2D eigenvalue weighted by atomic mass is 9.99. The average Bonchev–Trinajstić information content (AvgIpc) is 2.81. The summed E-state index contributed by atoms with van der Waals surface area (Å²) in [6.07, 6.45) is 4.51. The molecule has 0 radical (unpaired) electrons. The van der Waals surface area contributed by atoms with E-state index in [1.54, 1.807) is 11.2 Å². The zero-order valence-electron chi connectivity index (χ0n) is 16.3. The molecule has 0 atom stereocenters. The van der Waals surface area contributed by atoms with Crippen LogP contribution in [0.5, 0.6) is 0 Å². The Hall–Kier alpha value is -1.85. The summed E-state index contributed by atoms with van der Waals surface area (Å²) in [5.41, 5.74) is 0.656. The molecule has 6 nitrogen and oxygen atoms in total. The van der Waals surface area contributed by atoms with Crippen molar-refractivity contribution in [3.05, 3.63) is 18.1 Å². The van der Waals surface area contributed by atoms with Crippen LogP contribution in [0.3, 0.4) is 0 Å². The molecule has 0 N–H and O–H groups in total. The fourth-order valence-electron chi connectivity index (χ4n) is 3.12. The summed E-state index contributed by atoms with van der Waals surface area (Å²) in [5.74, 6) is 1.44. The molecular weight excluding hydrogens is 316 g/mol. The average molecular weight is 348 g/mol. The van der Waals surface area contributed by atoms with E-state index in [1.165, 1.54) is 0 Å². The van der Waals surface area contributed by atoms with Crippen LogP contribution in [-0.2, 0) is 4.74 Å². The molecule has 2 heterocycles. The highest BCUT2D eigenvalue weighted by Gasteiger charge is 2.25. The summed E-state index contributed by atoms with van der Waals surface area (Å²) in [6.45, 7) is 13.1. The van der Waals surface area contributed by atoms with Crippen LogP contribution < -0.4 is 4.90 Å². The first-order valence-corrected chi connectivity index (χ1v) is 9.38. The number of anilines is 1. The summed E-state index contributed by atoms with van der Waals surface area (Å²) in [4.78, 5) is 25.3. The van der Waals surface area contributed by atoms with Gasteiger partial charge in [0.2, 0.25) is 0 Å². The van der Waals surface area contributed by atoms with Gasteiger partial charge in [-0.15, -0.1) is 0 Å². The Morgan fingerprint density at radius 1 is 1.16 bits per heavy atom. The molecule has 0 aliphatic carbocycles. The number of aromatic nitrogens is 2. The van der Waals surface area contributed by atoms with Crippen molar-refractivity contribution in [3.8, 4) is 0 Å². The first-order valence-electron chi connectivity index (χ1n) is 9.38. The van der Waals surface area contributed by atoms with Gasteiger partial charge < -0.3 is 14.5 Å². The molecule has 2 rings (SSSR count). The molecule has 1 aromatic heterocycles. The number of amides is 1. The summed E-state index contributed by atoms with van der Waals surface area (Å²) in [5, 5.41) is 0. The minimum atomic E-state index is -0.458. The van der Waals surface area contributed by atoms with E-state index in [4.69, 9.17) is 4.74 Å². The van der Waals surface area contributed by atoms with Crippen LogP contribution in [0.2, 0.25) is 0 Å². The highest BCUT2D eigenvalue weighted by atomic mass is 16.6. The normalized spacial score (nSPS) is 16.1. The van der Waals surface area contributed by atoms with Crippen molar-refractivity contribution in [1.82, 2.24) is 14.9 Å². The lowest BCUT2D eigenvalue weighted by molar-refractivity contribution is 0.0263. The maximum Gasteiger partial charge on any atom is 0.410 e. The lowest BCUT2D eigenvalue weighted by Gasteiger charge is -2.26. The monoisotopic (exact) mass is 348 g/mol. The van der Waals surface area contributed by atoms with Gasteiger partial charge in [-0.05, 0) is 40.0 Å². The lowest BCUT2D eigenvalue weighted by Crippen LogP contribution is -2.39. The van der Waals surface area contributed by atoms with Gasteiger partial charge in [0.25, 0.3) is 0 Å². The molecule has 6 heteroatoms. The Bertz CT molecular complexity index is 567. The second-order valence-electron chi connectivity index (χ2n) is 7.62. The highest BCUT2D eigenvalue weighted by Crippen LogP contribution is 2.24. The van der Waals surface area contributed by atoms with E-state index >= 15 is 0 Å². The topological polar surface area (TPSA) is 58.6 Å². The predicted molar refractivity (Wildman–Crippen MR) is 100.0 cm³/mol. The van der Waals surface area contributed by atoms with Gasteiger partial charge in [0.05, 0.1) is 0 Å². The number of hydrogen-bond acceptors (Lipinski definition) is 5. The summed E-state index contributed by atoms with van der Waals surface area (Å²) in [6, 6.07) is 2.11. The number of carbonyl (C=O) groups excluding carboxylic acids is 1. The molecule has 25 heavy (non-hydrogen) atoms. The van der Waals surface area contributed by atoms with E-state index in [1.807, 2.05) is 20.8 Å². The van der Waals surface area contributed by atoms with Crippen molar-refractivity contribution in [2.24, 2.45) is 0 Å². The van der Waals surface area contributed by atoms with Crippen LogP contribution in [0.4, 0.5) is 10.6 Å². The van der Waals surface area contributed by atoms with E-state index in [0.717, 1.165) is 50.4 Å². The second-order valence-corrected chi connectivity index (χ2v) is 7.62. The van der Waals surface area contributed by atoms with Gasteiger partial charge in [-0.25, -0.2) is 14.8 Å². The molecule has 1 aliphatic heterocycles. The van der Waals surface area contributed by atoms with Gasteiger partial charge in [0, 0.05) is 43.9 Å². The molecule has 1 amide bonds. The quantitative estimate of drug-likeness (QED) is 0.828. The number of nitrogens with zero attached hydrogens (tertiary/aromatic N) is 4. The van der Waals surface area contributed by atoms with Gasteiger partial charge >= 0.3 is 6.09 Å². The van der Waals surface area contributed by atoms with Crippen molar-refractivity contribution in [3.63, 3.8) is 0 Å². The van der Waals surface area contributed by atoms with E-state index in [-0.39, 0.29) is 6.09 Å². The molecule has 140 valence electrons. The van der Waals surface area contributed by atoms with Gasteiger partial charge in [0.15, 0.2) is 0 Å². The van der Waals surface area contributed by atoms with Gasteiger partial charge in [-0.2, -0.15) is 0 Å². The van der Waals surface area contributed by atoms with Gasteiger partial charge in [0.1, 0.15) is 17.7 Å². The van der Waals surface area contributed by atoms with Crippen LogP contribution in [0.1, 0.15) is 65.5 Å². The first kappa shape index (κ1) is 19.5. The Labute approximate surface area is 151 Å². The molecule has 1 aromatic rings. The molecule has 0 spiro atoms. The Kier molecular flexibility index (Phi) is 6.62. The second kappa shape index (κ2) is 8.50. The largest absolute Gasteiger partial charge is 0.444 e. The van der Waals surface area contributed by atoms with Gasteiger partial charge in [-0.3, -0.25) is 0 Å². The van der Waals surface area contributed by atoms with Crippen LogP contribution in [0.15, 0.2) is 12.4 Å². The summed E-state index contributed by atoms with van der Waals surface area (Å²) >= 11 is 0. The molecule has 0 unspecified atom stereocenters. The molecule has 0 bridgehead atoms. The van der Waals surface area contributed by atoms with E-state index in [2.05, 4.69) is 34.8 Å². The summed E-state index contributed by atoms with van der Waals surface area (Å²) < 4.78 is 5.50. The van der Waals surface area contributed by atoms with Gasteiger partial charge in [-0.1, -0.05) is 13.8 Å². The Morgan fingerprint density at radius 2 is 1.88 bits per heavy atom. The number of hydrogen-bond donors (Lipinski definition) is 0. The zero-order valence-corrected chi connectivity index (χ0v) is 16.3. The fourth-order valence-corrected chi connectivity index (χ4v) is 3.12. The molecule has 1 fully saturated rings. The maximum absolute atomic E-state index is 12.3. The number of rotatable bonds is 4. The minimum absolute atomic E-state index is 0.227. The highest BCUT2D eigenvalue weighted by molar-refractivity contribution is 5.68. The van der Waals surface area contributed by atoms with Crippen molar-refractivity contribution < 1.29 is 9.53 Å². The SMILES string of the molecule is CCC(CC)c1cc(N2CCCN(C(=O)OC(C)(C)C)CC2)ncn1. The third kappa shape index (κ3) is 5.58. The minimum Gasteiger partial charge on any atom is -0.444 e. The van der Waals surface area contributed by atoms with Crippen molar-refractivity contribution in [2.75, 3.05) is 31.1 Å². The van der Waals surface area contributed by atoms with Crippen LogP contribution in [-0.4, -0.2) is 52.7 Å². The third-order valence-electron chi connectivity index (χ3n) is 4.55. The van der Waals surface area contributed by atoms with E-state index < -0.39 is 5.60 Å². The Balaban J connectivity index is 2.03. The third-order valence-corrected chi connectivity index (χ3v) is 4.55. The summed E-state index contributed by atoms with van der Waals surface area (Å²) in [7, 11) is 0. The number of carbonyl (C=O) groups is 1. The molecular formula is C19H32N4O2. The molecule has 1 aliphatic rings.